The highest BCUT2D eigenvalue weighted by atomic mass is 79.9. The summed E-state index contributed by atoms with van der Waals surface area (Å²) in [4.78, 5) is 0. The zero-order valence-corrected chi connectivity index (χ0v) is 9.84. The molecule has 1 aromatic carbocycles. The molecule has 0 spiro atoms. The summed E-state index contributed by atoms with van der Waals surface area (Å²) < 4.78 is 1.15. The molecule has 76 valence electrons. The molecule has 3 heteroatoms. The van der Waals surface area contributed by atoms with Gasteiger partial charge in [0, 0.05) is 29.6 Å². The Bertz CT molecular complexity index is 310. The van der Waals surface area contributed by atoms with E-state index in [2.05, 4.69) is 57.8 Å². The van der Waals surface area contributed by atoms with Crippen LogP contribution in [0.2, 0.25) is 0 Å². The minimum absolute atomic E-state index is 0.430. The summed E-state index contributed by atoms with van der Waals surface area (Å²) in [5.41, 5.74) is 1.34. The quantitative estimate of drug-likeness (QED) is 0.864. The van der Waals surface area contributed by atoms with Gasteiger partial charge in [0.2, 0.25) is 0 Å². The van der Waals surface area contributed by atoms with Gasteiger partial charge in [-0.15, -0.1) is 0 Å². The summed E-state index contributed by atoms with van der Waals surface area (Å²) in [6.07, 6.45) is 0. The Labute approximate surface area is 93.2 Å². The minimum atomic E-state index is 0.430. The topological polar surface area (TPSA) is 24.1 Å². The van der Waals surface area contributed by atoms with Crippen LogP contribution >= 0.6 is 15.9 Å². The Hall–Kier alpha value is -0.380. The van der Waals surface area contributed by atoms with Gasteiger partial charge in [-0.1, -0.05) is 28.1 Å². The standard InChI is InChI=1S/C11H15BrN2/c1-8(14-11-6-13-7-11)9-3-2-4-10(12)5-9/h2-5,8,11,13-14H,6-7H2,1H3/t8-/m1/s1. The Morgan fingerprint density at radius 2 is 2.29 bits per heavy atom. The second-order valence-electron chi connectivity index (χ2n) is 3.80. The largest absolute Gasteiger partial charge is 0.314 e. The van der Waals surface area contributed by atoms with E-state index in [9.17, 15) is 0 Å². The molecule has 0 aromatic heterocycles. The highest BCUT2D eigenvalue weighted by Crippen LogP contribution is 2.18. The summed E-state index contributed by atoms with van der Waals surface area (Å²) >= 11 is 3.49. The lowest BCUT2D eigenvalue weighted by Gasteiger charge is -2.31. The van der Waals surface area contributed by atoms with Gasteiger partial charge in [-0.2, -0.15) is 0 Å². The van der Waals surface area contributed by atoms with Crippen LogP contribution in [-0.2, 0) is 0 Å². The maximum atomic E-state index is 3.58. The summed E-state index contributed by atoms with van der Waals surface area (Å²) in [6.45, 7) is 4.40. The SMILES string of the molecule is C[C@@H](NC1CNC1)c1cccc(Br)c1. The molecule has 2 rings (SSSR count). The molecule has 1 fully saturated rings. The van der Waals surface area contributed by atoms with Gasteiger partial charge >= 0.3 is 0 Å². The number of halogens is 1. The first kappa shape index (κ1) is 10.1. The molecule has 1 atom stereocenters. The van der Waals surface area contributed by atoms with Crippen LogP contribution in [-0.4, -0.2) is 19.1 Å². The molecule has 0 aliphatic carbocycles. The van der Waals surface area contributed by atoms with E-state index in [1.165, 1.54) is 5.56 Å². The van der Waals surface area contributed by atoms with Crippen LogP contribution in [0.5, 0.6) is 0 Å². The van der Waals surface area contributed by atoms with Crippen molar-refractivity contribution in [2.75, 3.05) is 13.1 Å². The second-order valence-corrected chi connectivity index (χ2v) is 4.71. The van der Waals surface area contributed by atoms with Crippen molar-refractivity contribution >= 4 is 15.9 Å². The third-order valence-corrected chi connectivity index (χ3v) is 3.11. The lowest BCUT2D eigenvalue weighted by Crippen LogP contribution is -2.55. The van der Waals surface area contributed by atoms with Crippen molar-refractivity contribution in [1.29, 1.82) is 0 Å². The van der Waals surface area contributed by atoms with Crippen LogP contribution in [0.4, 0.5) is 0 Å². The van der Waals surface area contributed by atoms with Gasteiger partial charge in [0.25, 0.3) is 0 Å². The molecule has 1 saturated heterocycles. The van der Waals surface area contributed by atoms with Crippen molar-refractivity contribution in [2.45, 2.75) is 19.0 Å². The average molecular weight is 255 g/mol. The van der Waals surface area contributed by atoms with E-state index in [4.69, 9.17) is 0 Å². The lowest BCUT2D eigenvalue weighted by molar-refractivity contribution is 0.338. The van der Waals surface area contributed by atoms with Gasteiger partial charge in [0.15, 0.2) is 0 Å². The second kappa shape index (κ2) is 4.43. The monoisotopic (exact) mass is 254 g/mol. The van der Waals surface area contributed by atoms with E-state index in [0.29, 0.717) is 12.1 Å². The normalized spacial score (nSPS) is 19.0. The summed E-state index contributed by atoms with van der Waals surface area (Å²) in [6, 6.07) is 9.54. The van der Waals surface area contributed by atoms with E-state index < -0.39 is 0 Å². The number of hydrogen-bond donors (Lipinski definition) is 2. The molecule has 2 nitrogen and oxygen atoms in total. The third-order valence-electron chi connectivity index (χ3n) is 2.62. The minimum Gasteiger partial charge on any atom is -0.314 e. The van der Waals surface area contributed by atoms with E-state index in [0.717, 1.165) is 17.6 Å². The Balaban J connectivity index is 1.98. The highest BCUT2D eigenvalue weighted by molar-refractivity contribution is 9.10. The van der Waals surface area contributed by atoms with Crippen molar-refractivity contribution in [3.8, 4) is 0 Å². The first-order valence-electron chi connectivity index (χ1n) is 4.98. The maximum Gasteiger partial charge on any atom is 0.0322 e. The van der Waals surface area contributed by atoms with Crippen LogP contribution in [0.1, 0.15) is 18.5 Å². The fourth-order valence-electron chi connectivity index (χ4n) is 1.63. The van der Waals surface area contributed by atoms with Gasteiger partial charge in [-0.05, 0) is 24.6 Å². The van der Waals surface area contributed by atoms with Crippen LogP contribution in [0.3, 0.4) is 0 Å². The van der Waals surface area contributed by atoms with Gasteiger partial charge in [0.05, 0.1) is 0 Å². The van der Waals surface area contributed by atoms with Crippen molar-refractivity contribution in [3.05, 3.63) is 34.3 Å². The van der Waals surface area contributed by atoms with E-state index in [-0.39, 0.29) is 0 Å². The molecular weight excluding hydrogens is 240 g/mol. The Morgan fingerprint density at radius 1 is 1.50 bits per heavy atom. The third kappa shape index (κ3) is 2.35. The molecule has 0 bridgehead atoms. The van der Waals surface area contributed by atoms with Crippen LogP contribution in [0.15, 0.2) is 28.7 Å². The Kier molecular flexibility index (Phi) is 3.21. The molecule has 1 heterocycles. The van der Waals surface area contributed by atoms with E-state index in [1.54, 1.807) is 0 Å². The molecule has 0 radical (unpaired) electrons. The molecule has 0 amide bonds. The molecule has 1 aliphatic rings. The van der Waals surface area contributed by atoms with Crippen molar-refractivity contribution < 1.29 is 0 Å². The molecule has 1 aromatic rings. The van der Waals surface area contributed by atoms with Crippen LogP contribution in [0.25, 0.3) is 0 Å². The molecule has 2 N–H and O–H groups in total. The number of rotatable bonds is 3. The predicted octanol–water partition coefficient (Wildman–Crippen LogP) is 2.07. The molecule has 0 saturated carbocycles. The summed E-state index contributed by atoms with van der Waals surface area (Å²) in [5, 5.41) is 6.83. The summed E-state index contributed by atoms with van der Waals surface area (Å²) in [7, 11) is 0. The number of nitrogens with one attached hydrogen (secondary N) is 2. The number of hydrogen-bond acceptors (Lipinski definition) is 2. The molecular formula is C11H15BrN2. The van der Waals surface area contributed by atoms with Crippen molar-refractivity contribution in [1.82, 2.24) is 10.6 Å². The van der Waals surface area contributed by atoms with E-state index in [1.807, 2.05) is 0 Å². The van der Waals surface area contributed by atoms with Crippen LogP contribution < -0.4 is 10.6 Å². The zero-order valence-electron chi connectivity index (χ0n) is 8.26. The van der Waals surface area contributed by atoms with Crippen LogP contribution in [0, 0.1) is 0 Å². The molecule has 1 aliphatic heterocycles. The molecule has 0 unspecified atom stereocenters. The first-order valence-corrected chi connectivity index (χ1v) is 5.77. The van der Waals surface area contributed by atoms with Crippen molar-refractivity contribution in [3.63, 3.8) is 0 Å². The van der Waals surface area contributed by atoms with Gasteiger partial charge in [-0.25, -0.2) is 0 Å². The molecule has 14 heavy (non-hydrogen) atoms. The fraction of sp³-hybridized carbons (Fsp3) is 0.455. The van der Waals surface area contributed by atoms with Gasteiger partial charge < -0.3 is 10.6 Å². The average Bonchev–Trinajstić information content (AvgIpc) is 2.11. The predicted molar refractivity (Wildman–Crippen MR) is 62.4 cm³/mol. The number of benzene rings is 1. The van der Waals surface area contributed by atoms with E-state index >= 15 is 0 Å². The Morgan fingerprint density at radius 3 is 2.86 bits per heavy atom. The van der Waals surface area contributed by atoms with Crippen molar-refractivity contribution in [2.24, 2.45) is 0 Å². The van der Waals surface area contributed by atoms with Gasteiger partial charge in [-0.3, -0.25) is 0 Å². The van der Waals surface area contributed by atoms with Gasteiger partial charge in [0.1, 0.15) is 0 Å². The summed E-state index contributed by atoms with van der Waals surface area (Å²) in [5.74, 6) is 0. The zero-order chi connectivity index (χ0) is 9.97. The first-order chi connectivity index (χ1) is 6.75. The smallest absolute Gasteiger partial charge is 0.0322 e. The maximum absolute atomic E-state index is 3.58. The highest BCUT2D eigenvalue weighted by Gasteiger charge is 2.18. The lowest BCUT2D eigenvalue weighted by atomic mass is 10.1. The fourth-order valence-corrected chi connectivity index (χ4v) is 2.05.